The zero-order valence-corrected chi connectivity index (χ0v) is 29.4. The largest absolute Gasteiger partial charge is 0.368 e. The molecular formula is C37H51F2N7O4. The standard InChI is InChI=1S/C37H51F2N7O4/c1-24-5-8-27(9-6-24)46(37(49)33-4-3-19-50-33)28-21-32(36(48)43-17-15-42(2)16-18-43)45(23-28)35(47)25-12-14-44(22-25)34-30(11-13-40-41-34)29-10-7-26(38)20-31(29)39/h7,10-11,20,24-25,27-28,32-33,40H,3-6,8-9,12-19,21-23H2,1-2H3/t24?,25?,27?,28-,32-,33-/m0/s1. The van der Waals surface area contributed by atoms with E-state index in [9.17, 15) is 23.2 Å². The molecule has 13 heteroatoms. The molecule has 11 nitrogen and oxygen atoms in total. The number of amides is 3. The van der Waals surface area contributed by atoms with Gasteiger partial charge in [-0.15, -0.1) is 0 Å². The fraction of sp³-hybridized carbons (Fsp3) is 0.676. The van der Waals surface area contributed by atoms with E-state index in [1.807, 2.05) is 27.8 Å². The lowest BCUT2D eigenvalue weighted by Gasteiger charge is -2.41. The Morgan fingerprint density at radius 1 is 0.940 bits per heavy atom. The number of piperazine rings is 1. The van der Waals surface area contributed by atoms with Gasteiger partial charge in [0.05, 0.1) is 18.5 Å². The van der Waals surface area contributed by atoms with Crippen LogP contribution >= 0.6 is 0 Å². The van der Waals surface area contributed by atoms with E-state index < -0.39 is 29.7 Å². The molecular weight excluding hydrogens is 644 g/mol. The van der Waals surface area contributed by atoms with E-state index >= 15 is 0 Å². The number of carbonyl (C=O) groups excluding carboxylic acids is 3. The first-order valence-corrected chi connectivity index (χ1v) is 18.6. The molecule has 6 aliphatic rings. The predicted molar refractivity (Wildman–Crippen MR) is 185 cm³/mol. The molecule has 1 aliphatic carbocycles. The number of nitrogens with zero attached hydrogens (tertiary/aromatic N) is 6. The van der Waals surface area contributed by atoms with Gasteiger partial charge in [-0.05, 0) is 76.5 Å². The third-order valence-corrected chi connectivity index (χ3v) is 11.8. The van der Waals surface area contributed by atoms with Crippen molar-refractivity contribution in [2.45, 2.75) is 82.5 Å². The maximum atomic E-state index is 14.9. The zero-order chi connectivity index (χ0) is 34.9. The minimum atomic E-state index is -0.666. The highest BCUT2D eigenvalue weighted by atomic mass is 19.1. The van der Waals surface area contributed by atoms with Gasteiger partial charge in [0, 0.05) is 75.7 Å². The summed E-state index contributed by atoms with van der Waals surface area (Å²) in [5.41, 5.74) is 3.78. The van der Waals surface area contributed by atoms with Crippen LogP contribution in [0.3, 0.4) is 0 Å². The Balaban J connectivity index is 1.13. The van der Waals surface area contributed by atoms with Crippen molar-refractivity contribution in [3.63, 3.8) is 0 Å². The zero-order valence-electron chi connectivity index (χ0n) is 29.4. The molecule has 3 amide bonds. The van der Waals surface area contributed by atoms with E-state index in [4.69, 9.17) is 4.74 Å². The molecule has 4 saturated heterocycles. The maximum absolute atomic E-state index is 14.9. The topological polar surface area (TPSA) is 101 Å². The average Bonchev–Trinajstić information content (AvgIpc) is 3.91. The van der Waals surface area contributed by atoms with Crippen LogP contribution in [0.1, 0.15) is 63.9 Å². The molecule has 0 spiro atoms. The number of likely N-dealkylation sites (tertiary alicyclic amines) is 2. The van der Waals surface area contributed by atoms with Crippen molar-refractivity contribution in [3.05, 3.63) is 41.5 Å². The molecule has 1 saturated carbocycles. The van der Waals surface area contributed by atoms with E-state index in [1.165, 1.54) is 12.1 Å². The van der Waals surface area contributed by atoms with Crippen LogP contribution in [0.15, 0.2) is 29.4 Å². The molecule has 5 heterocycles. The Morgan fingerprint density at radius 3 is 2.44 bits per heavy atom. The van der Waals surface area contributed by atoms with Gasteiger partial charge >= 0.3 is 0 Å². The summed E-state index contributed by atoms with van der Waals surface area (Å²) in [5, 5.41) is 4.50. The number of hydrazone groups is 1. The second-order valence-corrected chi connectivity index (χ2v) is 15.2. The minimum Gasteiger partial charge on any atom is -0.368 e. The van der Waals surface area contributed by atoms with Crippen LogP contribution in [0.5, 0.6) is 0 Å². The summed E-state index contributed by atoms with van der Waals surface area (Å²) in [6.45, 7) is 7.21. The molecule has 1 aromatic carbocycles. The van der Waals surface area contributed by atoms with Crippen molar-refractivity contribution in [3.8, 4) is 0 Å². The third kappa shape index (κ3) is 7.12. The number of ether oxygens (including phenoxy) is 1. The van der Waals surface area contributed by atoms with Gasteiger partial charge in [0.25, 0.3) is 5.91 Å². The molecule has 1 unspecified atom stereocenters. The Labute approximate surface area is 293 Å². The number of hydrogen-bond acceptors (Lipinski definition) is 8. The highest BCUT2D eigenvalue weighted by molar-refractivity contribution is 6.23. The Morgan fingerprint density at radius 2 is 1.72 bits per heavy atom. The summed E-state index contributed by atoms with van der Waals surface area (Å²) in [6, 6.07) is 2.68. The van der Waals surface area contributed by atoms with Crippen LogP contribution in [0.2, 0.25) is 0 Å². The molecule has 0 bridgehead atoms. The van der Waals surface area contributed by atoms with Crippen LogP contribution < -0.4 is 5.43 Å². The average molecular weight is 696 g/mol. The molecule has 5 fully saturated rings. The summed E-state index contributed by atoms with van der Waals surface area (Å²) in [6.07, 6.45) is 7.82. The van der Waals surface area contributed by atoms with Crippen LogP contribution in [0.4, 0.5) is 8.78 Å². The number of benzene rings is 1. The molecule has 0 aromatic heterocycles. The number of halogens is 2. The molecule has 7 rings (SSSR count). The predicted octanol–water partition coefficient (Wildman–Crippen LogP) is 2.92. The summed E-state index contributed by atoms with van der Waals surface area (Å²) in [4.78, 5) is 53.0. The van der Waals surface area contributed by atoms with Gasteiger partial charge in [0.15, 0.2) is 5.84 Å². The van der Waals surface area contributed by atoms with Crippen LogP contribution in [0, 0.1) is 23.5 Å². The SMILES string of the molecule is CC1CCC(N(C(=O)[C@@H]2CCCO2)[C@H]2C[C@@H](C(=O)N3CCN(C)CC3)N(C(=O)C3CCN(C4=NNCC=C4c4ccc(F)cc4F)C3)C2)CC1. The molecule has 272 valence electrons. The summed E-state index contributed by atoms with van der Waals surface area (Å²) >= 11 is 0. The van der Waals surface area contributed by atoms with Crippen LogP contribution in [-0.2, 0) is 19.1 Å². The van der Waals surface area contributed by atoms with E-state index in [0.29, 0.717) is 82.5 Å². The number of amidine groups is 1. The Hall–Kier alpha value is -3.58. The maximum Gasteiger partial charge on any atom is 0.252 e. The lowest BCUT2D eigenvalue weighted by molar-refractivity contribution is -0.148. The molecule has 1 aromatic rings. The van der Waals surface area contributed by atoms with E-state index in [0.717, 1.165) is 51.3 Å². The van der Waals surface area contributed by atoms with Gasteiger partial charge in [-0.25, -0.2) is 8.78 Å². The van der Waals surface area contributed by atoms with Crippen molar-refractivity contribution < 1.29 is 27.9 Å². The second-order valence-electron chi connectivity index (χ2n) is 15.2. The summed E-state index contributed by atoms with van der Waals surface area (Å²) in [7, 11) is 2.05. The van der Waals surface area contributed by atoms with Gasteiger partial charge in [-0.1, -0.05) is 13.0 Å². The molecule has 0 radical (unpaired) electrons. The summed E-state index contributed by atoms with van der Waals surface area (Å²) < 4.78 is 34.5. The number of likely N-dealkylation sites (N-methyl/N-ethyl adjacent to an activating group) is 1. The number of carbonyl (C=O) groups is 3. The first-order valence-electron chi connectivity index (χ1n) is 18.6. The number of rotatable bonds is 6. The molecule has 1 N–H and O–H groups in total. The molecule has 5 aliphatic heterocycles. The summed E-state index contributed by atoms with van der Waals surface area (Å²) in [5.74, 6) is -0.710. The Bertz CT molecular complexity index is 1500. The van der Waals surface area contributed by atoms with Gasteiger partial charge in [0.1, 0.15) is 23.8 Å². The quantitative estimate of drug-likeness (QED) is 0.489. The smallest absolute Gasteiger partial charge is 0.252 e. The highest BCUT2D eigenvalue weighted by Gasteiger charge is 2.49. The van der Waals surface area contributed by atoms with Gasteiger partial charge < -0.3 is 34.7 Å². The molecule has 4 atom stereocenters. The fourth-order valence-corrected chi connectivity index (χ4v) is 8.84. The van der Waals surface area contributed by atoms with Crippen LogP contribution in [-0.4, -0.2) is 138 Å². The van der Waals surface area contributed by atoms with Crippen molar-refractivity contribution in [2.24, 2.45) is 16.9 Å². The van der Waals surface area contributed by atoms with Crippen molar-refractivity contribution >= 4 is 29.1 Å². The number of nitrogens with one attached hydrogen (secondary N) is 1. The van der Waals surface area contributed by atoms with Crippen molar-refractivity contribution in [1.29, 1.82) is 0 Å². The van der Waals surface area contributed by atoms with Crippen molar-refractivity contribution in [2.75, 3.05) is 66.0 Å². The first kappa shape index (κ1) is 34.9. The lowest BCUT2D eigenvalue weighted by atomic mass is 9.85. The number of hydrogen-bond donors (Lipinski definition) is 1. The second kappa shape index (κ2) is 15.0. The van der Waals surface area contributed by atoms with Crippen LogP contribution in [0.25, 0.3) is 5.57 Å². The third-order valence-electron chi connectivity index (χ3n) is 11.8. The van der Waals surface area contributed by atoms with E-state index in [-0.39, 0.29) is 35.4 Å². The van der Waals surface area contributed by atoms with Gasteiger partial charge in [-0.3, -0.25) is 14.4 Å². The van der Waals surface area contributed by atoms with E-state index in [1.54, 1.807) is 4.90 Å². The molecule has 50 heavy (non-hydrogen) atoms. The van der Waals surface area contributed by atoms with Crippen molar-refractivity contribution in [1.82, 2.24) is 29.9 Å². The van der Waals surface area contributed by atoms with E-state index in [2.05, 4.69) is 22.4 Å². The van der Waals surface area contributed by atoms with Gasteiger partial charge in [0.2, 0.25) is 11.8 Å². The van der Waals surface area contributed by atoms with Gasteiger partial charge in [-0.2, -0.15) is 5.10 Å². The lowest BCUT2D eigenvalue weighted by Crippen LogP contribution is -2.54. The first-order chi connectivity index (χ1) is 24.2. The fourth-order valence-electron chi connectivity index (χ4n) is 8.84. The minimum absolute atomic E-state index is 0.00865. The monoisotopic (exact) mass is 695 g/mol. The normalized spacial score (nSPS) is 30.6. The highest BCUT2D eigenvalue weighted by Crippen LogP contribution is 2.36. The Kier molecular flexibility index (Phi) is 10.4.